The molecular formula is C41H40N4O5. The number of aromatic amines is 1. The zero-order valence-corrected chi connectivity index (χ0v) is 28.2. The molecule has 2 amide bonds. The first-order chi connectivity index (χ1) is 24.4. The number of aliphatic hydroxyl groups is 1. The lowest BCUT2D eigenvalue weighted by Crippen LogP contribution is -2.34. The largest absolute Gasteiger partial charge is 0.489 e. The summed E-state index contributed by atoms with van der Waals surface area (Å²) in [5.74, 6) is 0.325. The molecule has 1 atom stereocenters. The number of likely N-dealkylation sites (N-methyl/N-ethyl adjacent to an activating group) is 1. The maximum absolute atomic E-state index is 13.7. The molecule has 9 nitrogen and oxygen atoms in total. The lowest BCUT2D eigenvalue weighted by molar-refractivity contribution is -0.122. The van der Waals surface area contributed by atoms with Gasteiger partial charge < -0.3 is 29.0 Å². The van der Waals surface area contributed by atoms with Gasteiger partial charge >= 0.3 is 0 Å². The van der Waals surface area contributed by atoms with E-state index in [2.05, 4.69) is 29.0 Å². The van der Waals surface area contributed by atoms with Gasteiger partial charge in [-0.15, -0.1) is 0 Å². The predicted octanol–water partition coefficient (Wildman–Crippen LogP) is 6.55. The highest BCUT2D eigenvalue weighted by atomic mass is 16.5. The third kappa shape index (κ3) is 6.78. The van der Waals surface area contributed by atoms with E-state index >= 15 is 0 Å². The Morgan fingerprint density at radius 2 is 1.32 bits per heavy atom. The summed E-state index contributed by atoms with van der Waals surface area (Å²) < 4.78 is 14.3. The molecule has 3 N–H and O–H groups in total. The molecule has 0 radical (unpaired) electrons. The SMILES string of the molecule is CCN(CC)CC(O)Cn1cc(C2=C(c3c[nH]c4ccc(OCc5ccccc5)cc34)C(=O)NC2=O)c2cc(OCc3ccccc3)ccc21. The van der Waals surface area contributed by atoms with Crippen LogP contribution >= 0.6 is 0 Å². The van der Waals surface area contributed by atoms with Gasteiger partial charge in [0.25, 0.3) is 11.8 Å². The van der Waals surface area contributed by atoms with Gasteiger partial charge in [-0.3, -0.25) is 14.9 Å². The average Bonchev–Trinajstić information content (AvgIpc) is 3.80. The van der Waals surface area contributed by atoms with Gasteiger partial charge in [-0.2, -0.15) is 0 Å². The maximum atomic E-state index is 13.7. The molecule has 1 aliphatic rings. The highest BCUT2D eigenvalue weighted by Gasteiger charge is 2.35. The molecule has 50 heavy (non-hydrogen) atoms. The van der Waals surface area contributed by atoms with Gasteiger partial charge in [-0.1, -0.05) is 74.5 Å². The van der Waals surface area contributed by atoms with Crippen molar-refractivity contribution >= 4 is 44.8 Å². The van der Waals surface area contributed by atoms with E-state index in [1.807, 2.05) is 108 Å². The average molecular weight is 669 g/mol. The summed E-state index contributed by atoms with van der Waals surface area (Å²) >= 11 is 0. The number of hydrogen-bond acceptors (Lipinski definition) is 6. The van der Waals surface area contributed by atoms with Gasteiger partial charge in [0.15, 0.2) is 0 Å². The number of nitrogens with one attached hydrogen (secondary N) is 2. The van der Waals surface area contributed by atoms with Crippen LogP contribution in [0, 0.1) is 0 Å². The van der Waals surface area contributed by atoms with E-state index < -0.39 is 17.9 Å². The molecule has 0 spiro atoms. The normalized spacial score (nSPS) is 13.8. The van der Waals surface area contributed by atoms with Crippen molar-refractivity contribution in [1.29, 1.82) is 0 Å². The fourth-order valence-electron chi connectivity index (χ4n) is 6.63. The van der Waals surface area contributed by atoms with Crippen LogP contribution in [0.4, 0.5) is 0 Å². The number of carbonyl (C=O) groups excluding carboxylic acids is 2. The molecule has 0 bridgehead atoms. The summed E-state index contributed by atoms with van der Waals surface area (Å²) in [6, 6.07) is 31.3. The van der Waals surface area contributed by atoms with Crippen LogP contribution < -0.4 is 14.8 Å². The number of aromatic nitrogens is 2. The van der Waals surface area contributed by atoms with Gasteiger partial charge in [0.1, 0.15) is 24.7 Å². The molecule has 0 fully saturated rings. The number of imide groups is 1. The molecule has 2 aromatic heterocycles. The molecule has 9 heteroatoms. The van der Waals surface area contributed by atoms with Gasteiger partial charge in [0.2, 0.25) is 0 Å². The summed E-state index contributed by atoms with van der Waals surface area (Å²) in [5, 5.41) is 15.2. The Morgan fingerprint density at radius 1 is 0.740 bits per heavy atom. The Kier molecular flexibility index (Phi) is 9.51. The molecule has 254 valence electrons. The van der Waals surface area contributed by atoms with E-state index in [9.17, 15) is 14.7 Å². The molecule has 1 aliphatic heterocycles. The Morgan fingerprint density at radius 3 is 1.94 bits per heavy atom. The quantitative estimate of drug-likeness (QED) is 0.114. The number of amides is 2. The number of H-pyrrole nitrogens is 1. The van der Waals surface area contributed by atoms with Crippen LogP contribution in [0.3, 0.4) is 0 Å². The van der Waals surface area contributed by atoms with Crippen LogP contribution in [0.15, 0.2) is 109 Å². The second-order valence-corrected chi connectivity index (χ2v) is 12.5. The summed E-state index contributed by atoms with van der Waals surface area (Å²) in [6.45, 7) is 7.40. The first kappa shape index (κ1) is 32.9. The zero-order valence-electron chi connectivity index (χ0n) is 28.2. The standard InChI is InChI=1S/C41H40N4O5/c1-3-44(4-2)22-29(46)23-45-24-35(33-20-31(16-18-37(33)45)50-26-28-13-9-6-10-14-28)39-38(40(47)43-41(39)48)34-21-42-36-17-15-30(19-32(34)36)49-25-27-11-7-5-8-12-27/h5-21,24,29,42,46H,3-4,22-23,25-26H2,1-2H3,(H,43,47,48). The van der Waals surface area contributed by atoms with Crippen molar-refractivity contribution in [2.45, 2.75) is 39.7 Å². The van der Waals surface area contributed by atoms with E-state index in [1.165, 1.54) is 0 Å². The van der Waals surface area contributed by atoms with Crippen LogP contribution in [-0.2, 0) is 29.3 Å². The number of fused-ring (bicyclic) bond motifs is 2. The third-order valence-electron chi connectivity index (χ3n) is 9.24. The highest BCUT2D eigenvalue weighted by molar-refractivity contribution is 6.50. The second-order valence-electron chi connectivity index (χ2n) is 12.5. The fourth-order valence-corrected chi connectivity index (χ4v) is 6.63. The van der Waals surface area contributed by atoms with Crippen LogP contribution in [0.25, 0.3) is 33.0 Å². The minimum atomic E-state index is -0.650. The molecule has 4 aromatic carbocycles. The molecule has 0 aliphatic carbocycles. The summed E-state index contributed by atoms with van der Waals surface area (Å²) in [4.78, 5) is 32.8. The smallest absolute Gasteiger partial charge is 0.259 e. The molecule has 3 heterocycles. The first-order valence-electron chi connectivity index (χ1n) is 17.0. The van der Waals surface area contributed by atoms with Crippen molar-refractivity contribution in [3.8, 4) is 11.5 Å². The van der Waals surface area contributed by atoms with E-state index in [4.69, 9.17) is 9.47 Å². The van der Waals surface area contributed by atoms with Crippen molar-refractivity contribution in [1.82, 2.24) is 19.8 Å². The monoisotopic (exact) mass is 668 g/mol. The number of nitrogens with zero attached hydrogens (tertiary/aromatic N) is 2. The lowest BCUT2D eigenvalue weighted by atomic mass is 9.95. The van der Waals surface area contributed by atoms with E-state index in [0.29, 0.717) is 48.9 Å². The summed E-state index contributed by atoms with van der Waals surface area (Å²) in [5.41, 5.74) is 5.44. The van der Waals surface area contributed by atoms with Crippen LogP contribution in [0.2, 0.25) is 0 Å². The Hall–Kier alpha value is -5.64. The first-order valence-corrected chi connectivity index (χ1v) is 17.0. The molecule has 1 unspecified atom stereocenters. The van der Waals surface area contributed by atoms with Gasteiger partial charge in [0, 0.05) is 58.4 Å². The zero-order chi connectivity index (χ0) is 34.6. The summed E-state index contributed by atoms with van der Waals surface area (Å²) in [6.07, 6.45) is 2.98. The van der Waals surface area contributed by atoms with E-state index in [0.717, 1.165) is 46.0 Å². The van der Waals surface area contributed by atoms with Crippen molar-refractivity contribution in [2.24, 2.45) is 0 Å². The number of hydrogen-bond donors (Lipinski definition) is 3. The van der Waals surface area contributed by atoms with Crippen molar-refractivity contribution in [3.05, 3.63) is 132 Å². The van der Waals surface area contributed by atoms with Crippen LogP contribution in [0.5, 0.6) is 11.5 Å². The molecular weight excluding hydrogens is 628 g/mol. The Balaban J connectivity index is 1.31. The molecule has 0 saturated heterocycles. The highest BCUT2D eigenvalue weighted by Crippen LogP contribution is 2.40. The van der Waals surface area contributed by atoms with E-state index in [1.54, 1.807) is 6.20 Å². The molecule has 0 saturated carbocycles. The van der Waals surface area contributed by atoms with Gasteiger partial charge in [-0.05, 0) is 60.6 Å². The predicted molar refractivity (Wildman–Crippen MR) is 196 cm³/mol. The number of benzene rings is 4. The van der Waals surface area contributed by atoms with Gasteiger partial charge in [0.05, 0.1) is 17.3 Å². The number of rotatable bonds is 14. The topological polar surface area (TPSA) is 109 Å². The lowest BCUT2D eigenvalue weighted by Gasteiger charge is -2.22. The second kappa shape index (κ2) is 14.5. The Bertz CT molecular complexity index is 2180. The van der Waals surface area contributed by atoms with Crippen molar-refractivity contribution in [2.75, 3.05) is 19.6 Å². The number of aliphatic hydroxyl groups excluding tert-OH is 1. The number of ether oxygens (including phenoxy) is 2. The fraction of sp³-hybridized carbons (Fsp3) is 0.220. The summed E-state index contributed by atoms with van der Waals surface area (Å²) in [7, 11) is 0. The van der Waals surface area contributed by atoms with Crippen molar-refractivity contribution < 1.29 is 24.2 Å². The van der Waals surface area contributed by atoms with Gasteiger partial charge in [-0.25, -0.2) is 0 Å². The van der Waals surface area contributed by atoms with Crippen molar-refractivity contribution in [3.63, 3.8) is 0 Å². The molecule has 6 aromatic rings. The third-order valence-corrected chi connectivity index (χ3v) is 9.24. The van der Waals surface area contributed by atoms with Crippen LogP contribution in [-0.4, -0.2) is 57.1 Å². The number of carbonyl (C=O) groups is 2. The molecule has 7 rings (SSSR count). The maximum Gasteiger partial charge on any atom is 0.259 e. The minimum absolute atomic E-state index is 0.272. The Labute approximate surface area is 290 Å². The van der Waals surface area contributed by atoms with E-state index in [-0.39, 0.29) is 11.1 Å². The minimum Gasteiger partial charge on any atom is -0.489 e. The van der Waals surface area contributed by atoms with Crippen LogP contribution in [0.1, 0.15) is 36.1 Å².